The maximum absolute atomic E-state index is 12.1. The van der Waals surface area contributed by atoms with Crippen molar-refractivity contribution < 1.29 is 4.79 Å². The molecule has 0 aromatic rings. The lowest BCUT2D eigenvalue weighted by atomic mass is 9.89. The lowest BCUT2D eigenvalue weighted by molar-refractivity contribution is -0.130. The van der Waals surface area contributed by atoms with Gasteiger partial charge in [0.25, 0.3) is 0 Å². The fourth-order valence-electron chi connectivity index (χ4n) is 3.49. The maximum atomic E-state index is 12.1. The SMILES string of the molecule is CC(C)C1CCC(=O)N(CCCC2CCCN2)CC1. The Morgan fingerprint density at radius 1 is 1.32 bits per heavy atom. The highest BCUT2D eigenvalue weighted by atomic mass is 16.2. The van der Waals surface area contributed by atoms with Crippen LogP contribution in [-0.2, 0) is 4.79 Å². The highest BCUT2D eigenvalue weighted by molar-refractivity contribution is 5.76. The molecule has 0 radical (unpaired) electrons. The number of hydrogen-bond acceptors (Lipinski definition) is 2. The van der Waals surface area contributed by atoms with E-state index in [4.69, 9.17) is 0 Å². The smallest absolute Gasteiger partial charge is 0.222 e. The summed E-state index contributed by atoms with van der Waals surface area (Å²) in [6.07, 6.45) is 8.10. The molecule has 110 valence electrons. The number of rotatable bonds is 5. The number of hydrogen-bond donors (Lipinski definition) is 1. The molecule has 1 amide bonds. The van der Waals surface area contributed by atoms with Crippen molar-refractivity contribution in [1.82, 2.24) is 10.2 Å². The molecular weight excluding hydrogens is 236 g/mol. The number of nitrogens with one attached hydrogen (secondary N) is 1. The van der Waals surface area contributed by atoms with Gasteiger partial charge in [-0.05, 0) is 56.9 Å². The Bertz CT molecular complexity index is 284. The summed E-state index contributed by atoms with van der Waals surface area (Å²) in [4.78, 5) is 14.2. The number of amides is 1. The average molecular weight is 266 g/mol. The van der Waals surface area contributed by atoms with Crippen LogP contribution in [0, 0.1) is 11.8 Å². The van der Waals surface area contributed by atoms with Gasteiger partial charge in [-0.1, -0.05) is 13.8 Å². The van der Waals surface area contributed by atoms with Gasteiger partial charge >= 0.3 is 0 Å². The predicted octanol–water partition coefficient (Wildman–Crippen LogP) is 2.80. The number of nitrogens with zero attached hydrogens (tertiary/aromatic N) is 1. The lowest BCUT2D eigenvalue weighted by Gasteiger charge is -2.22. The van der Waals surface area contributed by atoms with Crippen molar-refractivity contribution in [2.75, 3.05) is 19.6 Å². The van der Waals surface area contributed by atoms with Crippen LogP contribution < -0.4 is 5.32 Å². The zero-order chi connectivity index (χ0) is 13.7. The summed E-state index contributed by atoms with van der Waals surface area (Å²) >= 11 is 0. The van der Waals surface area contributed by atoms with Crippen LogP contribution in [0.2, 0.25) is 0 Å². The Labute approximate surface area is 118 Å². The third kappa shape index (κ3) is 4.48. The van der Waals surface area contributed by atoms with E-state index >= 15 is 0 Å². The third-order valence-electron chi connectivity index (χ3n) is 4.94. The summed E-state index contributed by atoms with van der Waals surface area (Å²) in [5.74, 6) is 1.85. The Kier molecular flexibility index (Phi) is 5.68. The van der Waals surface area contributed by atoms with Crippen LogP contribution >= 0.6 is 0 Å². The molecule has 2 fully saturated rings. The molecule has 3 nitrogen and oxygen atoms in total. The van der Waals surface area contributed by atoms with Crippen molar-refractivity contribution in [2.45, 2.75) is 64.8 Å². The summed E-state index contributed by atoms with van der Waals surface area (Å²) in [7, 11) is 0. The van der Waals surface area contributed by atoms with Gasteiger partial charge in [0.2, 0.25) is 5.91 Å². The molecule has 2 atom stereocenters. The van der Waals surface area contributed by atoms with Crippen LogP contribution in [0.5, 0.6) is 0 Å². The van der Waals surface area contributed by atoms with Crippen LogP contribution in [0.3, 0.4) is 0 Å². The lowest BCUT2D eigenvalue weighted by Crippen LogP contribution is -2.32. The Morgan fingerprint density at radius 2 is 2.16 bits per heavy atom. The molecular formula is C16H30N2O. The fraction of sp³-hybridized carbons (Fsp3) is 0.938. The normalized spacial score (nSPS) is 29.0. The van der Waals surface area contributed by atoms with Crippen LogP contribution in [0.4, 0.5) is 0 Å². The maximum Gasteiger partial charge on any atom is 0.222 e. The van der Waals surface area contributed by atoms with E-state index in [0.29, 0.717) is 11.9 Å². The molecule has 2 aliphatic heterocycles. The highest BCUT2D eigenvalue weighted by Crippen LogP contribution is 2.25. The molecule has 0 spiro atoms. The van der Waals surface area contributed by atoms with E-state index in [1.165, 1.54) is 32.2 Å². The summed E-state index contributed by atoms with van der Waals surface area (Å²) in [5, 5.41) is 3.54. The van der Waals surface area contributed by atoms with Gasteiger partial charge in [-0.25, -0.2) is 0 Å². The molecule has 0 aromatic carbocycles. The molecule has 0 aliphatic carbocycles. The van der Waals surface area contributed by atoms with Crippen LogP contribution in [-0.4, -0.2) is 36.5 Å². The van der Waals surface area contributed by atoms with Crippen LogP contribution in [0.1, 0.15) is 58.8 Å². The number of carbonyl (C=O) groups is 1. The summed E-state index contributed by atoms with van der Waals surface area (Å²) in [5.41, 5.74) is 0. The van der Waals surface area contributed by atoms with E-state index in [9.17, 15) is 4.79 Å². The zero-order valence-corrected chi connectivity index (χ0v) is 12.7. The first-order valence-corrected chi connectivity index (χ1v) is 8.18. The monoisotopic (exact) mass is 266 g/mol. The largest absolute Gasteiger partial charge is 0.343 e. The summed E-state index contributed by atoms with van der Waals surface area (Å²) < 4.78 is 0. The molecule has 0 bridgehead atoms. The molecule has 19 heavy (non-hydrogen) atoms. The second-order valence-electron chi connectivity index (χ2n) is 6.65. The molecule has 2 rings (SSSR count). The molecule has 1 N–H and O–H groups in total. The molecule has 2 unspecified atom stereocenters. The average Bonchev–Trinajstić information content (AvgIpc) is 2.81. The topological polar surface area (TPSA) is 32.3 Å². The molecule has 3 heteroatoms. The summed E-state index contributed by atoms with van der Waals surface area (Å²) in [6.45, 7) is 7.72. The molecule has 2 saturated heterocycles. The molecule has 2 heterocycles. The van der Waals surface area contributed by atoms with Gasteiger partial charge < -0.3 is 10.2 Å². The van der Waals surface area contributed by atoms with E-state index in [0.717, 1.165) is 44.2 Å². The molecule has 0 aromatic heterocycles. The van der Waals surface area contributed by atoms with Crippen molar-refractivity contribution in [3.8, 4) is 0 Å². The van der Waals surface area contributed by atoms with E-state index in [-0.39, 0.29) is 0 Å². The first-order chi connectivity index (χ1) is 9.16. The van der Waals surface area contributed by atoms with Gasteiger partial charge in [0.05, 0.1) is 0 Å². The van der Waals surface area contributed by atoms with Gasteiger partial charge in [0.1, 0.15) is 0 Å². The minimum absolute atomic E-state index is 0.391. The minimum Gasteiger partial charge on any atom is -0.343 e. The van der Waals surface area contributed by atoms with Gasteiger partial charge in [0, 0.05) is 25.6 Å². The van der Waals surface area contributed by atoms with E-state index in [1.54, 1.807) is 0 Å². The van der Waals surface area contributed by atoms with Gasteiger partial charge in [-0.2, -0.15) is 0 Å². The van der Waals surface area contributed by atoms with E-state index in [1.807, 2.05) is 0 Å². The van der Waals surface area contributed by atoms with E-state index in [2.05, 4.69) is 24.1 Å². The highest BCUT2D eigenvalue weighted by Gasteiger charge is 2.24. The molecule has 2 aliphatic rings. The minimum atomic E-state index is 0.391. The van der Waals surface area contributed by atoms with Crippen LogP contribution in [0.15, 0.2) is 0 Å². The zero-order valence-electron chi connectivity index (χ0n) is 12.7. The molecule has 0 saturated carbocycles. The number of likely N-dealkylation sites (tertiary alicyclic amines) is 1. The summed E-state index contributed by atoms with van der Waals surface area (Å²) in [6, 6.07) is 0.713. The van der Waals surface area contributed by atoms with Gasteiger partial charge in [0.15, 0.2) is 0 Å². The Balaban J connectivity index is 1.71. The van der Waals surface area contributed by atoms with Gasteiger partial charge in [-0.3, -0.25) is 4.79 Å². The second kappa shape index (κ2) is 7.28. The van der Waals surface area contributed by atoms with Crippen molar-refractivity contribution >= 4 is 5.91 Å². The first kappa shape index (κ1) is 14.8. The quantitative estimate of drug-likeness (QED) is 0.830. The first-order valence-electron chi connectivity index (χ1n) is 8.18. The third-order valence-corrected chi connectivity index (χ3v) is 4.94. The van der Waals surface area contributed by atoms with E-state index < -0.39 is 0 Å². The van der Waals surface area contributed by atoms with Crippen molar-refractivity contribution in [1.29, 1.82) is 0 Å². The second-order valence-corrected chi connectivity index (χ2v) is 6.65. The Morgan fingerprint density at radius 3 is 2.84 bits per heavy atom. The van der Waals surface area contributed by atoms with Crippen LogP contribution in [0.25, 0.3) is 0 Å². The Hall–Kier alpha value is -0.570. The van der Waals surface area contributed by atoms with Crippen molar-refractivity contribution in [3.05, 3.63) is 0 Å². The van der Waals surface area contributed by atoms with Crippen molar-refractivity contribution in [3.63, 3.8) is 0 Å². The standard InChI is InChI=1S/C16H30N2O/c1-13(2)14-7-8-16(19)18(12-9-14)11-4-6-15-5-3-10-17-15/h13-15,17H,3-12H2,1-2H3. The number of carbonyl (C=O) groups excluding carboxylic acids is 1. The predicted molar refractivity (Wildman–Crippen MR) is 79.0 cm³/mol. The van der Waals surface area contributed by atoms with Crippen molar-refractivity contribution in [2.24, 2.45) is 11.8 Å². The van der Waals surface area contributed by atoms with Gasteiger partial charge in [-0.15, -0.1) is 0 Å². The fourth-order valence-corrected chi connectivity index (χ4v) is 3.49.